The fourth-order valence-electron chi connectivity index (χ4n) is 0.179. The van der Waals surface area contributed by atoms with Gasteiger partial charge in [-0.1, -0.05) is 25.3 Å². The van der Waals surface area contributed by atoms with E-state index < -0.39 is 0 Å². The lowest BCUT2D eigenvalue weighted by molar-refractivity contribution is 1.94. The molecule has 0 saturated heterocycles. The van der Waals surface area contributed by atoms with Gasteiger partial charge in [0.05, 0.1) is 0 Å². The summed E-state index contributed by atoms with van der Waals surface area (Å²) in [5.74, 6) is 0. The maximum Gasteiger partial charge on any atom is -0.00320 e. The Bertz CT molecular complexity index is 101. The first-order chi connectivity index (χ1) is 3.27. The minimum absolute atomic E-state index is 0.750. The number of thiol groups is 1. The summed E-state index contributed by atoms with van der Waals surface area (Å²) in [6.07, 6.45) is 5.24. The van der Waals surface area contributed by atoms with E-state index in [9.17, 15) is 0 Å². The molecule has 0 aliphatic rings. The summed E-state index contributed by atoms with van der Waals surface area (Å²) in [5, 5.41) is 0. The molecule has 0 aromatic carbocycles. The molecule has 0 saturated carbocycles. The standard InChI is InChI=1S/C6H8S/c1-3-4-5-6(2)7/h3-5,7H,1-2H2/b5-4-. The van der Waals surface area contributed by atoms with E-state index in [4.69, 9.17) is 0 Å². The van der Waals surface area contributed by atoms with Crippen molar-refractivity contribution in [1.29, 1.82) is 0 Å². The van der Waals surface area contributed by atoms with E-state index in [0.717, 1.165) is 4.91 Å². The first-order valence-corrected chi connectivity index (χ1v) is 2.39. The van der Waals surface area contributed by atoms with Crippen molar-refractivity contribution in [2.75, 3.05) is 0 Å². The second-order valence-corrected chi connectivity index (χ2v) is 1.66. The van der Waals surface area contributed by atoms with Crippen LogP contribution in [0.15, 0.2) is 36.3 Å². The molecule has 0 fully saturated rings. The van der Waals surface area contributed by atoms with Crippen LogP contribution in [0.5, 0.6) is 0 Å². The van der Waals surface area contributed by atoms with Crippen molar-refractivity contribution in [2.45, 2.75) is 0 Å². The van der Waals surface area contributed by atoms with Crippen molar-refractivity contribution in [1.82, 2.24) is 0 Å². The number of hydrogen-bond donors (Lipinski definition) is 1. The first-order valence-electron chi connectivity index (χ1n) is 1.94. The van der Waals surface area contributed by atoms with Crippen LogP contribution < -0.4 is 0 Å². The van der Waals surface area contributed by atoms with Crippen LogP contribution in [0.2, 0.25) is 0 Å². The van der Waals surface area contributed by atoms with Crippen LogP contribution in [-0.2, 0) is 0 Å². The van der Waals surface area contributed by atoms with Crippen LogP contribution in [-0.4, -0.2) is 0 Å². The van der Waals surface area contributed by atoms with Crippen LogP contribution in [0.25, 0.3) is 0 Å². The molecule has 38 valence electrons. The van der Waals surface area contributed by atoms with Gasteiger partial charge in [-0.3, -0.25) is 0 Å². The van der Waals surface area contributed by atoms with Crippen LogP contribution >= 0.6 is 12.6 Å². The van der Waals surface area contributed by atoms with Gasteiger partial charge in [0.1, 0.15) is 0 Å². The molecule has 0 aliphatic heterocycles. The second-order valence-electron chi connectivity index (χ2n) is 1.09. The van der Waals surface area contributed by atoms with Gasteiger partial charge in [0.2, 0.25) is 0 Å². The third-order valence-corrected chi connectivity index (χ3v) is 0.574. The number of allylic oxidation sites excluding steroid dienone is 3. The molecule has 0 N–H and O–H groups in total. The Hall–Kier alpha value is -0.430. The smallest absolute Gasteiger partial charge is 0.00320 e. The van der Waals surface area contributed by atoms with E-state index in [2.05, 4.69) is 25.8 Å². The summed E-state index contributed by atoms with van der Waals surface area (Å²) in [6.45, 7) is 6.99. The van der Waals surface area contributed by atoms with Crippen LogP contribution in [0, 0.1) is 0 Å². The molecule has 0 aliphatic carbocycles. The summed E-state index contributed by atoms with van der Waals surface area (Å²) >= 11 is 3.90. The summed E-state index contributed by atoms with van der Waals surface area (Å²) in [7, 11) is 0. The SMILES string of the molecule is C=C/C=C\C(=C)S. The predicted molar refractivity (Wildman–Crippen MR) is 37.5 cm³/mol. The fourth-order valence-corrected chi connectivity index (χ4v) is 0.265. The van der Waals surface area contributed by atoms with Crippen molar-refractivity contribution >= 4 is 12.6 Å². The molecular formula is C6H8S. The lowest BCUT2D eigenvalue weighted by Crippen LogP contribution is -1.50. The average molecular weight is 112 g/mol. The van der Waals surface area contributed by atoms with Crippen molar-refractivity contribution in [3.05, 3.63) is 36.3 Å². The highest BCUT2D eigenvalue weighted by atomic mass is 32.1. The lowest BCUT2D eigenvalue weighted by Gasteiger charge is -1.76. The van der Waals surface area contributed by atoms with Gasteiger partial charge < -0.3 is 0 Å². The molecule has 0 spiro atoms. The zero-order valence-corrected chi connectivity index (χ0v) is 4.99. The van der Waals surface area contributed by atoms with Gasteiger partial charge in [-0.2, -0.15) is 0 Å². The summed E-state index contributed by atoms with van der Waals surface area (Å²) in [4.78, 5) is 0.750. The molecule has 0 nitrogen and oxygen atoms in total. The molecule has 0 amide bonds. The van der Waals surface area contributed by atoms with E-state index in [0.29, 0.717) is 0 Å². The second kappa shape index (κ2) is 3.75. The monoisotopic (exact) mass is 112 g/mol. The summed E-state index contributed by atoms with van der Waals surface area (Å²) < 4.78 is 0. The van der Waals surface area contributed by atoms with Gasteiger partial charge in [-0.15, -0.1) is 12.6 Å². The Kier molecular flexibility index (Phi) is 3.52. The minimum Gasteiger partial charge on any atom is -0.144 e. The van der Waals surface area contributed by atoms with E-state index in [1.54, 1.807) is 18.2 Å². The molecule has 0 rings (SSSR count). The first kappa shape index (κ1) is 6.57. The molecule has 0 radical (unpaired) electrons. The summed E-state index contributed by atoms with van der Waals surface area (Å²) in [6, 6.07) is 0. The Morgan fingerprint density at radius 3 is 2.29 bits per heavy atom. The van der Waals surface area contributed by atoms with Gasteiger partial charge in [0.25, 0.3) is 0 Å². The van der Waals surface area contributed by atoms with E-state index in [1.165, 1.54) is 0 Å². The molecule has 0 bridgehead atoms. The number of rotatable bonds is 2. The molecule has 0 aromatic heterocycles. The Balaban J connectivity index is 3.46. The Morgan fingerprint density at radius 2 is 2.14 bits per heavy atom. The molecule has 0 unspecified atom stereocenters. The quantitative estimate of drug-likeness (QED) is 0.411. The normalized spacial score (nSPS) is 9.29. The highest BCUT2D eigenvalue weighted by molar-refractivity contribution is 7.84. The topological polar surface area (TPSA) is 0 Å². The highest BCUT2D eigenvalue weighted by Crippen LogP contribution is 1.95. The highest BCUT2D eigenvalue weighted by Gasteiger charge is 1.66. The largest absolute Gasteiger partial charge is 0.144 e. The molecule has 1 heteroatoms. The van der Waals surface area contributed by atoms with Gasteiger partial charge in [0.15, 0.2) is 0 Å². The number of hydrogen-bond acceptors (Lipinski definition) is 1. The molecular weight excluding hydrogens is 104 g/mol. The minimum atomic E-state index is 0.750. The van der Waals surface area contributed by atoms with Crippen molar-refractivity contribution in [3.8, 4) is 0 Å². The van der Waals surface area contributed by atoms with Crippen LogP contribution in [0.4, 0.5) is 0 Å². The van der Waals surface area contributed by atoms with Crippen molar-refractivity contribution < 1.29 is 0 Å². The van der Waals surface area contributed by atoms with Gasteiger partial charge >= 0.3 is 0 Å². The Labute approximate surface area is 49.7 Å². The maximum atomic E-state index is 3.90. The van der Waals surface area contributed by atoms with Crippen LogP contribution in [0.1, 0.15) is 0 Å². The van der Waals surface area contributed by atoms with Crippen LogP contribution in [0.3, 0.4) is 0 Å². The summed E-state index contributed by atoms with van der Waals surface area (Å²) in [5.41, 5.74) is 0. The predicted octanol–water partition coefficient (Wildman–Crippen LogP) is 2.17. The van der Waals surface area contributed by atoms with E-state index >= 15 is 0 Å². The van der Waals surface area contributed by atoms with Gasteiger partial charge in [-0.25, -0.2) is 0 Å². The van der Waals surface area contributed by atoms with E-state index in [-0.39, 0.29) is 0 Å². The third kappa shape index (κ3) is 5.57. The van der Waals surface area contributed by atoms with Gasteiger partial charge in [0, 0.05) is 0 Å². The average Bonchev–Trinajstić information content (AvgIpc) is 1.61. The Morgan fingerprint density at radius 1 is 1.57 bits per heavy atom. The lowest BCUT2D eigenvalue weighted by atomic mass is 10.5. The third-order valence-electron chi connectivity index (χ3n) is 0.425. The van der Waals surface area contributed by atoms with E-state index in [1.807, 2.05) is 0 Å². The van der Waals surface area contributed by atoms with Crippen molar-refractivity contribution in [2.24, 2.45) is 0 Å². The molecule has 0 atom stereocenters. The molecule has 7 heavy (non-hydrogen) atoms. The zero-order valence-electron chi connectivity index (χ0n) is 4.09. The zero-order chi connectivity index (χ0) is 5.70. The molecule has 0 aromatic rings. The van der Waals surface area contributed by atoms with Crippen molar-refractivity contribution in [3.63, 3.8) is 0 Å². The fraction of sp³-hybridized carbons (Fsp3) is 0. The molecule has 0 heterocycles. The maximum absolute atomic E-state index is 3.90. The van der Waals surface area contributed by atoms with Gasteiger partial charge in [-0.05, 0) is 11.0 Å².